The average molecular weight is 401 g/mol. The van der Waals surface area contributed by atoms with E-state index < -0.39 is 0 Å². The SMILES string of the molecule is Brc1cccc(Nc2ncnc3cnc(NCC4CCCO4)nc23)c1. The Morgan fingerprint density at radius 1 is 1.24 bits per heavy atom. The van der Waals surface area contributed by atoms with Crippen molar-refractivity contribution in [2.45, 2.75) is 18.9 Å². The third kappa shape index (κ3) is 3.85. The summed E-state index contributed by atoms with van der Waals surface area (Å²) in [7, 11) is 0. The maximum atomic E-state index is 5.62. The van der Waals surface area contributed by atoms with E-state index in [9.17, 15) is 0 Å². The number of hydrogen-bond acceptors (Lipinski definition) is 7. The number of halogens is 1. The van der Waals surface area contributed by atoms with E-state index in [0.717, 1.165) is 29.6 Å². The van der Waals surface area contributed by atoms with Gasteiger partial charge >= 0.3 is 0 Å². The van der Waals surface area contributed by atoms with Crippen molar-refractivity contribution in [3.05, 3.63) is 41.3 Å². The quantitative estimate of drug-likeness (QED) is 0.677. The summed E-state index contributed by atoms with van der Waals surface area (Å²) in [6.45, 7) is 1.53. The zero-order chi connectivity index (χ0) is 17.1. The number of nitrogens with one attached hydrogen (secondary N) is 2. The van der Waals surface area contributed by atoms with E-state index in [1.807, 2.05) is 24.3 Å². The highest BCUT2D eigenvalue weighted by molar-refractivity contribution is 9.10. The number of anilines is 3. The van der Waals surface area contributed by atoms with E-state index in [2.05, 4.69) is 46.5 Å². The van der Waals surface area contributed by atoms with E-state index in [0.29, 0.717) is 29.3 Å². The van der Waals surface area contributed by atoms with E-state index in [1.165, 1.54) is 6.33 Å². The molecule has 3 aromatic rings. The second kappa shape index (κ2) is 7.28. The van der Waals surface area contributed by atoms with Crippen LogP contribution >= 0.6 is 15.9 Å². The van der Waals surface area contributed by atoms with Gasteiger partial charge in [0.15, 0.2) is 5.82 Å². The molecule has 0 amide bonds. The molecule has 0 radical (unpaired) electrons. The minimum absolute atomic E-state index is 0.227. The molecular weight excluding hydrogens is 384 g/mol. The fraction of sp³-hybridized carbons (Fsp3) is 0.294. The lowest BCUT2D eigenvalue weighted by Gasteiger charge is -2.12. The van der Waals surface area contributed by atoms with Gasteiger partial charge in [-0.05, 0) is 31.0 Å². The van der Waals surface area contributed by atoms with Gasteiger partial charge in [-0.25, -0.2) is 19.9 Å². The van der Waals surface area contributed by atoms with Crippen LogP contribution in [0.2, 0.25) is 0 Å². The van der Waals surface area contributed by atoms with Gasteiger partial charge in [-0.1, -0.05) is 22.0 Å². The van der Waals surface area contributed by atoms with Crippen LogP contribution in [0.5, 0.6) is 0 Å². The Hall–Kier alpha value is -2.32. The Kier molecular flexibility index (Phi) is 4.71. The Labute approximate surface area is 153 Å². The molecule has 25 heavy (non-hydrogen) atoms. The van der Waals surface area contributed by atoms with Gasteiger partial charge in [-0.15, -0.1) is 0 Å². The molecule has 1 aromatic carbocycles. The monoisotopic (exact) mass is 400 g/mol. The predicted molar refractivity (Wildman–Crippen MR) is 100 cm³/mol. The minimum Gasteiger partial charge on any atom is -0.376 e. The van der Waals surface area contributed by atoms with Crippen LogP contribution in [0.3, 0.4) is 0 Å². The molecular formula is C17H17BrN6O. The molecule has 4 rings (SSSR count). The van der Waals surface area contributed by atoms with Crippen molar-refractivity contribution >= 4 is 44.4 Å². The average Bonchev–Trinajstić information content (AvgIpc) is 3.14. The summed E-state index contributed by atoms with van der Waals surface area (Å²) in [6, 6.07) is 7.88. The van der Waals surface area contributed by atoms with Crippen molar-refractivity contribution in [3.8, 4) is 0 Å². The van der Waals surface area contributed by atoms with Crippen LogP contribution in [0.25, 0.3) is 11.0 Å². The number of benzene rings is 1. The molecule has 1 aliphatic rings. The second-order valence-electron chi connectivity index (χ2n) is 5.80. The Morgan fingerprint density at radius 2 is 2.20 bits per heavy atom. The van der Waals surface area contributed by atoms with Gasteiger partial charge in [0.1, 0.15) is 17.4 Å². The highest BCUT2D eigenvalue weighted by Crippen LogP contribution is 2.24. The van der Waals surface area contributed by atoms with Crippen molar-refractivity contribution in [2.24, 2.45) is 0 Å². The van der Waals surface area contributed by atoms with Gasteiger partial charge < -0.3 is 15.4 Å². The largest absolute Gasteiger partial charge is 0.376 e. The first-order valence-corrected chi connectivity index (χ1v) is 8.93. The Balaban J connectivity index is 1.59. The molecule has 1 saturated heterocycles. The van der Waals surface area contributed by atoms with Gasteiger partial charge in [0, 0.05) is 23.3 Å². The minimum atomic E-state index is 0.227. The first kappa shape index (κ1) is 16.2. The van der Waals surface area contributed by atoms with Crippen molar-refractivity contribution in [1.29, 1.82) is 0 Å². The molecule has 128 valence electrons. The van der Waals surface area contributed by atoms with Crippen molar-refractivity contribution in [3.63, 3.8) is 0 Å². The molecule has 1 fully saturated rings. The number of aromatic nitrogens is 4. The molecule has 0 aliphatic carbocycles. The highest BCUT2D eigenvalue weighted by Gasteiger charge is 2.16. The summed E-state index contributed by atoms with van der Waals surface area (Å²) in [5.74, 6) is 1.20. The normalized spacial score (nSPS) is 16.9. The van der Waals surface area contributed by atoms with E-state index >= 15 is 0 Å². The third-order valence-electron chi connectivity index (χ3n) is 3.98. The molecule has 1 atom stereocenters. The molecule has 1 aliphatic heterocycles. The van der Waals surface area contributed by atoms with Crippen LogP contribution in [-0.4, -0.2) is 39.2 Å². The smallest absolute Gasteiger partial charge is 0.223 e. The lowest BCUT2D eigenvalue weighted by Crippen LogP contribution is -2.19. The number of ether oxygens (including phenoxy) is 1. The van der Waals surface area contributed by atoms with Crippen molar-refractivity contribution in [2.75, 3.05) is 23.8 Å². The topological polar surface area (TPSA) is 84.9 Å². The molecule has 1 unspecified atom stereocenters. The van der Waals surface area contributed by atoms with Gasteiger partial charge in [0.05, 0.1) is 12.3 Å². The van der Waals surface area contributed by atoms with Gasteiger partial charge in [0.25, 0.3) is 0 Å². The number of fused-ring (bicyclic) bond motifs is 1. The molecule has 8 heteroatoms. The fourth-order valence-corrected chi connectivity index (χ4v) is 3.14. The maximum Gasteiger partial charge on any atom is 0.223 e. The number of rotatable bonds is 5. The van der Waals surface area contributed by atoms with Gasteiger partial charge in [-0.3, -0.25) is 0 Å². The molecule has 3 heterocycles. The zero-order valence-electron chi connectivity index (χ0n) is 13.4. The van der Waals surface area contributed by atoms with Crippen molar-refractivity contribution in [1.82, 2.24) is 19.9 Å². The standard InChI is InChI=1S/C17H17BrN6O/c18-11-3-1-4-12(7-11)23-16-15-14(21-10-22-16)9-20-17(24-15)19-8-13-5-2-6-25-13/h1,3-4,7,9-10,13H,2,5-6,8H2,(H,19,20,24)(H,21,22,23). The summed E-state index contributed by atoms with van der Waals surface area (Å²) in [6.07, 6.45) is 5.61. The summed E-state index contributed by atoms with van der Waals surface area (Å²) >= 11 is 3.47. The molecule has 2 aromatic heterocycles. The first-order chi connectivity index (χ1) is 12.3. The number of hydrogen-bond donors (Lipinski definition) is 2. The summed E-state index contributed by atoms with van der Waals surface area (Å²) < 4.78 is 6.61. The molecule has 7 nitrogen and oxygen atoms in total. The third-order valence-corrected chi connectivity index (χ3v) is 4.47. The summed E-state index contributed by atoms with van der Waals surface area (Å²) in [5, 5.41) is 6.53. The molecule has 0 saturated carbocycles. The fourth-order valence-electron chi connectivity index (χ4n) is 2.74. The van der Waals surface area contributed by atoms with E-state index in [1.54, 1.807) is 6.20 Å². The van der Waals surface area contributed by atoms with Crippen LogP contribution in [0, 0.1) is 0 Å². The summed E-state index contributed by atoms with van der Waals surface area (Å²) in [5.41, 5.74) is 2.28. The molecule has 0 spiro atoms. The zero-order valence-corrected chi connectivity index (χ0v) is 15.0. The van der Waals surface area contributed by atoms with Crippen molar-refractivity contribution < 1.29 is 4.74 Å². The molecule has 0 bridgehead atoms. The second-order valence-corrected chi connectivity index (χ2v) is 6.72. The predicted octanol–water partition coefficient (Wildman–Crippen LogP) is 3.52. The van der Waals surface area contributed by atoms with Gasteiger partial charge in [-0.2, -0.15) is 0 Å². The Bertz CT molecular complexity index is 884. The van der Waals surface area contributed by atoms with Crippen LogP contribution < -0.4 is 10.6 Å². The van der Waals surface area contributed by atoms with Crippen LogP contribution in [0.15, 0.2) is 41.3 Å². The number of nitrogens with zero attached hydrogens (tertiary/aromatic N) is 4. The lowest BCUT2D eigenvalue weighted by molar-refractivity contribution is 0.120. The van der Waals surface area contributed by atoms with E-state index in [4.69, 9.17) is 4.74 Å². The van der Waals surface area contributed by atoms with Crippen LogP contribution in [-0.2, 0) is 4.74 Å². The first-order valence-electron chi connectivity index (χ1n) is 8.14. The highest BCUT2D eigenvalue weighted by atomic mass is 79.9. The van der Waals surface area contributed by atoms with Crippen LogP contribution in [0.1, 0.15) is 12.8 Å². The maximum absolute atomic E-state index is 5.62. The Morgan fingerprint density at radius 3 is 3.04 bits per heavy atom. The van der Waals surface area contributed by atoms with E-state index in [-0.39, 0.29) is 6.10 Å². The van der Waals surface area contributed by atoms with Gasteiger partial charge in [0.2, 0.25) is 5.95 Å². The molecule has 2 N–H and O–H groups in total. The van der Waals surface area contributed by atoms with Crippen LogP contribution in [0.4, 0.5) is 17.5 Å². The lowest BCUT2D eigenvalue weighted by atomic mass is 10.2. The summed E-state index contributed by atoms with van der Waals surface area (Å²) in [4.78, 5) is 17.5.